The van der Waals surface area contributed by atoms with E-state index in [1.165, 1.54) is 12.1 Å². The van der Waals surface area contributed by atoms with Crippen LogP contribution >= 0.6 is 12.4 Å². The molecule has 1 aliphatic heterocycles. The lowest BCUT2D eigenvalue weighted by atomic mass is 10.0. The summed E-state index contributed by atoms with van der Waals surface area (Å²) in [5, 5.41) is 3.19. The van der Waals surface area contributed by atoms with Crippen LogP contribution in [0.25, 0.3) is 0 Å². The molecule has 8 heteroatoms. The maximum absolute atomic E-state index is 13.2. The molecule has 2 rings (SSSR count). The second kappa shape index (κ2) is 8.52. The van der Waals surface area contributed by atoms with Crippen LogP contribution in [0.3, 0.4) is 0 Å². The number of alkyl halides is 4. The lowest BCUT2D eigenvalue weighted by Crippen LogP contribution is -2.44. The van der Waals surface area contributed by atoms with Gasteiger partial charge in [0.15, 0.2) is 0 Å². The van der Waals surface area contributed by atoms with Crippen molar-refractivity contribution in [3.8, 4) is 5.75 Å². The van der Waals surface area contributed by atoms with Crippen molar-refractivity contribution < 1.29 is 22.3 Å². The Kier molecular flexibility index (Phi) is 7.31. The van der Waals surface area contributed by atoms with E-state index in [0.717, 1.165) is 13.1 Å². The SMILES string of the molecule is C=C[C@H](c1ccccc1OC(F)(F)C(F)F)N1CCNCC1.Cl. The first kappa shape index (κ1) is 19.7. The summed E-state index contributed by atoms with van der Waals surface area (Å²) in [7, 11) is 0. The van der Waals surface area contributed by atoms with E-state index < -0.39 is 12.5 Å². The highest BCUT2D eigenvalue weighted by Gasteiger charge is 2.44. The summed E-state index contributed by atoms with van der Waals surface area (Å²) in [5.41, 5.74) is 0.403. The molecule has 0 spiro atoms. The molecule has 0 amide bonds. The van der Waals surface area contributed by atoms with Gasteiger partial charge in [-0.1, -0.05) is 24.3 Å². The van der Waals surface area contributed by atoms with E-state index in [-0.39, 0.29) is 24.2 Å². The Morgan fingerprint density at radius 1 is 1.22 bits per heavy atom. The summed E-state index contributed by atoms with van der Waals surface area (Å²) < 4.78 is 55.4. The first-order valence-electron chi connectivity index (χ1n) is 6.97. The maximum Gasteiger partial charge on any atom is 0.461 e. The third-order valence-corrected chi connectivity index (χ3v) is 3.51. The zero-order chi connectivity index (χ0) is 16.2. The highest BCUT2D eigenvalue weighted by molar-refractivity contribution is 5.85. The lowest BCUT2D eigenvalue weighted by molar-refractivity contribution is -0.253. The van der Waals surface area contributed by atoms with Gasteiger partial charge >= 0.3 is 12.5 Å². The third-order valence-electron chi connectivity index (χ3n) is 3.51. The Balaban J connectivity index is 0.00000264. The fraction of sp³-hybridized carbons (Fsp3) is 0.467. The molecule has 0 unspecified atom stereocenters. The van der Waals surface area contributed by atoms with Gasteiger partial charge in [0.05, 0.1) is 6.04 Å². The van der Waals surface area contributed by atoms with Crippen LogP contribution in [0.15, 0.2) is 36.9 Å². The zero-order valence-corrected chi connectivity index (χ0v) is 13.2. The number of hydrogen-bond acceptors (Lipinski definition) is 3. The van der Waals surface area contributed by atoms with Crippen molar-refractivity contribution >= 4 is 12.4 Å². The van der Waals surface area contributed by atoms with Crippen molar-refractivity contribution in [2.45, 2.75) is 18.6 Å². The molecule has 0 bridgehead atoms. The first-order valence-corrected chi connectivity index (χ1v) is 6.97. The molecule has 1 aromatic rings. The summed E-state index contributed by atoms with van der Waals surface area (Å²) in [5.74, 6) is -0.253. The number of ether oxygens (including phenoxy) is 1. The summed E-state index contributed by atoms with van der Waals surface area (Å²) in [4.78, 5) is 2.03. The van der Waals surface area contributed by atoms with E-state index in [0.29, 0.717) is 18.7 Å². The molecule has 1 aliphatic rings. The molecule has 0 radical (unpaired) electrons. The zero-order valence-electron chi connectivity index (χ0n) is 12.4. The Hall–Kier alpha value is -1.31. The minimum Gasteiger partial charge on any atom is -0.428 e. The van der Waals surface area contributed by atoms with E-state index in [1.54, 1.807) is 18.2 Å². The second-order valence-corrected chi connectivity index (χ2v) is 4.97. The van der Waals surface area contributed by atoms with Crippen LogP contribution in [0, 0.1) is 0 Å². The number of halogens is 5. The van der Waals surface area contributed by atoms with Gasteiger partial charge in [0.25, 0.3) is 0 Å². The molecule has 130 valence electrons. The number of piperazine rings is 1. The monoisotopic (exact) mass is 354 g/mol. The van der Waals surface area contributed by atoms with Gasteiger partial charge in [0, 0.05) is 31.7 Å². The molecular weight excluding hydrogens is 336 g/mol. The van der Waals surface area contributed by atoms with Gasteiger partial charge in [-0.2, -0.15) is 17.6 Å². The summed E-state index contributed by atoms with van der Waals surface area (Å²) in [6.07, 6.45) is -6.80. The normalized spacial score (nSPS) is 17.4. The highest BCUT2D eigenvalue weighted by Crippen LogP contribution is 2.35. The number of benzene rings is 1. The second-order valence-electron chi connectivity index (χ2n) is 4.97. The lowest BCUT2D eigenvalue weighted by Gasteiger charge is -2.34. The number of rotatable bonds is 6. The van der Waals surface area contributed by atoms with Crippen LogP contribution in [-0.2, 0) is 0 Å². The molecule has 0 aromatic heterocycles. The van der Waals surface area contributed by atoms with Crippen LogP contribution < -0.4 is 10.1 Å². The van der Waals surface area contributed by atoms with E-state index in [4.69, 9.17) is 0 Å². The Morgan fingerprint density at radius 3 is 2.39 bits per heavy atom. The molecule has 1 atom stereocenters. The Morgan fingerprint density at radius 2 is 1.83 bits per heavy atom. The average Bonchev–Trinajstić information content (AvgIpc) is 2.50. The maximum atomic E-state index is 13.2. The predicted molar refractivity (Wildman–Crippen MR) is 82.6 cm³/mol. The van der Waals surface area contributed by atoms with Crippen LogP contribution in [0.2, 0.25) is 0 Å². The first-order chi connectivity index (χ1) is 10.5. The largest absolute Gasteiger partial charge is 0.461 e. The number of nitrogens with one attached hydrogen (secondary N) is 1. The van der Waals surface area contributed by atoms with E-state index in [2.05, 4.69) is 16.6 Å². The molecule has 1 N–H and O–H groups in total. The predicted octanol–water partition coefficient (Wildman–Crippen LogP) is 3.48. The summed E-state index contributed by atoms with van der Waals surface area (Å²) >= 11 is 0. The number of hydrogen-bond donors (Lipinski definition) is 1. The van der Waals surface area contributed by atoms with Gasteiger partial charge < -0.3 is 10.1 Å². The highest BCUT2D eigenvalue weighted by atomic mass is 35.5. The van der Waals surface area contributed by atoms with E-state index in [9.17, 15) is 17.6 Å². The van der Waals surface area contributed by atoms with Gasteiger partial charge in [-0.05, 0) is 6.07 Å². The Labute approximate surface area is 138 Å². The topological polar surface area (TPSA) is 24.5 Å². The van der Waals surface area contributed by atoms with Crippen molar-refractivity contribution in [3.63, 3.8) is 0 Å². The average molecular weight is 355 g/mol. The van der Waals surface area contributed by atoms with E-state index >= 15 is 0 Å². The molecular formula is C15H19ClF4N2O. The Bertz CT molecular complexity index is 510. The molecule has 1 saturated heterocycles. The smallest absolute Gasteiger partial charge is 0.428 e. The van der Waals surface area contributed by atoms with Crippen LogP contribution in [0.1, 0.15) is 11.6 Å². The molecule has 1 heterocycles. The standard InChI is InChI=1S/C15H18F4N2O.ClH/c1-2-12(21-9-7-20-8-10-21)11-5-3-4-6-13(11)22-15(18,19)14(16)17;/h2-6,12,14,20H,1,7-10H2;1H/t12-;/m1./s1. The summed E-state index contributed by atoms with van der Waals surface area (Å²) in [6, 6.07) is 5.61. The minimum atomic E-state index is -4.52. The molecule has 3 nitrogen and oxygen atoms in total. The van der Waals surface area contributed by atoms with Gasteiger partial charge in [-0.15, -0.1) is 19.0 Å². The third kappa shape index (κ3) is 4.83. The minimum absolute atomic E-state index is 0. The van der Waals surface area contributed by atoms with Crippen molar-refractivity contribution in [1.82, 2.24) is 10.2 Å². The fourth-order valence-corrected chi connectivity index (χ4v) is 2.44. The van der Waals surface area contributed by atoms with Crippen molar-refractivity contribution in [3.05, 3.63) is 42.5 Å². The molecule has 0 saturated carbocycles. The van der Waals surface area contributed by atoms with Crippen LogP contribution in [-0.4, -0.2) is 43.6 Å². The van der Waals surface area contributed by atoms with Crippen molar-refractivity contribution in [2.75, 3.05) is 26.2 Å². The van der Waals surface area contributed by atoms with Crippen LogP contribution in [0.5, 0.6) is 5.75 Å². The van der Waals surface area contributed by atoms with Gasteiger partial charge in [-0.3, -0.25) is 4.90 Å². The fourth-order valence-electron chi connectivity index (χ4n) is 2.44. The molecule has 1 aromatic carbocycles. The summed E-state index contributed by atoms with van der Waals surface area (Å²) in [6.45, 7) is 6.67. The van der Waals surface area contributed by atoms with Crippen molar-refractivity contribution in [1.29, 1.82) is 0 Å². The number of nitrogens with zero attached hydrogens (tertiary/aromatic N) is 1. The van der Waals surface area contributed by atoms with Crippen molar-refractivity contribution in [2.24, 2.45) is 0 Å². The quantitative estimate of drug-likeness (QED) is 0.625. The molecule has 1 fully saturated rings. The van der Waals surface area contributed by atoms with Gasteiger partial charge in [0.1, 0.15) is 5.75 Å². The molecule has 23 heavy (non-hydrogen) atoms. The van der Waals surface area contributed by atoms with Gasteiger partial charge in [-0.25, -0.2) is 0 Å². The number of para-hydroxylation sites is 1. The van der Waals surface area contributed by atoms with Crippen LogP contribution in [0.4, 0.5) is 17.6 Å². The van der Waals surface area contributed by atoms with E-state index in [1.807, 2.05) is 4.90 Å². The van der Waals surface area contributed by atoms with Gasteiger partial charge in [0.2, 0.25) is 0 Å². The molecule has 0 aliphatic carbocycles.